The minimum atomic E-state index is -0.493. The van der Waals surface area contributed by atoms with E-state index in [-0.39, 0.29) is 6.04 Å². The molecule has 0 radical (unpaired) electrons. The maximum absolute atomic E-state index is 12.0. The summed E-state index contributed by atoms with van der Waals surface area (Å²) in [6, 6.07) is 5.82. The number of anilines is 3. The van der Waals surface area contributed by atoms with E-state index in [9.17, 15) is 9.90 Å². The molecule has 28 heavy (non-hydrogen) atoms. The van der Waals surface area contributed by atoms with E-state index in [4.69, 9.17) is 5.73 Å². The second-order valence-electron chi connectivity index (χ2n) is 8.70. The quantitative estimate of drug-likeness (QED) is 0.635. The van der Waals surface area contributed by atoms with E-state index in [0.717, 1.165) is 37.8 Å². The number of carbonyl (C=O) groups is 1. The Kier molecular flexibility index (Phi) is 4.01. The lowest BCUT2D eigenvalue weighted by molar-refractivity contribution is -0.129. The number of rotatable bonds is 5. The van der Waals surface area contributed by atoms with Gasteiger partial charge in [-0.3, -0.25) is 9.78 Å². The first-order valence-electron chi connectivity index (χ1n) is 9.95. The molecule has 4 bridgehead atoms. The average molecular weight is 379 g/mol. The Bertz CT molecular complexity index is 887. The van der Waals surface area contributed by atoms with Gasteiger partial charge in [-0.15, -0.1) is 0 Å². The van der Waals surface area contributed by atoms with Crippen molar-refractivity contribution in [3.63, 3.8) is 0 Å². The molecule has 1 amide bonds. The maximum atomic E-state index is 12.0. The lowest BCUT2D eigenvalue weighted by atomic mass is 9.52. The highest BCUT2D eigenvalue weighted by atomic mass is 16.3. The zero-order valence-electron chi connectivity index (χ0n) is 15.6. The molecule has 4 aliphatic rings. The third-order valence-electron chi connectivity index (χ3n) is 6.69. The second kappa shape index (κ2) is 6.44. The summed E-state index contributed by atoms with van der Waals surface area (Å²) in [7, 11) is 0. The van der Waals surface area contributed by atoms with Crippen molar-refractivity contribution in [1.82, 2.24) is 9.97 Å². The molecule has 2 heterocycles. The van der Waals surface area contributed by atoms with Crippen molar-refractivity contribution in [2.24, 2.45) is 23.5 Å². The van der Waals surface area contributed by atoms with Crippen LogP contribution in [0.4, 0.5) is 17.2 Å². The number of aliphatic hydroxyl groups is 1. The molecule has 7 nitrogen and oxygen atoms in total. The highest BCUT2D eigenvalue weighted by molar-refractivity contribution is 5.98. The van der Waals surface area contributed by atoms with Crippen LogP contribution in [0, 0.1) is 17.8 Å². The molecular weight excluding hydrogens is 354 g/mol. The largest absolute Gasteiger partial charge is 0.390 e. The summed E-state index contributed by atoms with van der Waals surface area (Å²) in [5.41, 5.74) is 7.10. The van der Waals surface area contributed by atoms with Gasteiger partial charge in [0.2, 0.25) is 0 Å². The zero-order chi connectivity index (χ0) is 19.3. The van der Waals surface area contributed by atoms with Crippen LogP contribution in [0.3, 0.4) is 0 Å². The Morgan fingerprint density at radius 3 is 2.54 bits per heavy atom. The van der Waals surface area contributed by atoms with Crippen LogP contribution in [0.5, 0.6) is 0 Å². The first kappa shape index (κ1) is 17.4. The van der Waals surface area contributed by atoms with E-state index >= 15 is 0 Å². The van der Waals surface area contributed by atoms with E-state index < -0.39 is 11.5 Å². The molecular formula is C21H25N5O2. The Labute approximate surface area is 163 Å². The number of carbonyl (C=O) groups excluding carboxylic acids is 1. The first-order valence-corrected chi connectivity index (χ1v) is 9.95. The number of amides is 1. The van der Waals surface area contributed by atoms with Crippen molar-refractivity contribution >= 4 is 23.1 Å². The summed E-state index contributed by atoms with van der Waals surface area (Å²) in [5.74, 6) is 1.65. The Balaban J connectivity index is 1.42. The van der Waals surface area contributed by atoms with Crippen LogP contribution < -0.4 is 16.4 Å². The molecule has 2 aromatic heterocycles. The Hall–Kier alpha value is -2.67. The van der Waals surface area contributed by atoms with E-state index in [1.165, 1.54) is 6.20 Å². The molecule has 5 atom stereocenters. The predicted molar refractivity (Wildman–Crippen MR) is 106 cm³/mol. The Morgan fingerprint density at radius 1 is 1.18 bits per heavy atom. The molecule has 0 aliphatic heterocycles. The van der Waals surface area contributed by atoms with Gasteiger partial charge >= 0.3 is 0 Å². The maximum Gasteiger partial charge on any atom is 0.252 e. The smallest absolute Gasteiger partial charge is 0.252 e. The molecule has 0 spiro atoms. The fourth-order valence-electron chi connectivity index (χ4n) is 5.82. The minimum Gasteiger partial charge on any atom is -0.390 e. The van der Waals surface area contributed by atoms with Crippen molar-refractivity contribution in [3.05, 3.63) is 42.4 Å². The molecule has 0 aromatic carbocycles. The molecule has 6 rings (SSSR count). The molecule has 5 N–H and O–H groups in total. The number of hydrogen-bond acceptors (Lipinski definition) is 6. The molecule has 4 aliphatic carbocycles. The first-order chi connectivity index (χ1) is 13.5. The number of aromatic nitrogens is 2. The predicted octanol–water partition coefficient (Wildman–Crippen LogP) is 2.67. The van der Waals surface area contributed by atoms with Crippen LogP contribution in [0.2, 0.25) is 0 Å². The number of pyridine rings is 2. The molecule has 1 unspecified atom stereocenters. The number of primary amides is 1. The second-order valence-corrected chi connectivity index (χ2v) is 8.70. The van der Waals surface area contributed by atoms with Crippen molar-refractivity contribution < 1.29 is 9.90 Å². The van der Waals surface area contributed by atoms with E-state index in [1.807, 2.05) is 18.2 Å². The summed E-state index contributed by atoms with van der Waals surface area (Å²) < 4.78 is 0. The van der Waals surface area contributed by atoms with Crippen molar-refractivity contribution in [1.29, 1.82) is 0 Å². The summed E-state index contributed by atoms with van der Waals surface area (Å²) in [6.07, 6.45) is 9.88. The molecule has 146 valence electrons. The highest BCUT2D eigenvalue weighted by Gasteiger charge is 2.54. The van der Waals surface area contributed by atoms with E-state index in [2.05, 4.69) is 20.6 Å². The molecule has 7 heteroatoms. The van der Waals surface area contributed by atoms with Gasteiger partial charge in [0.05, 0.1) is 16.9 Å². The monoisotopic (exact) mass is 379 g/mol. The zero-order valence-corrected chi connectivity index (χ0v) is 15.6. The fraction of sp³-hybridized carbons (Fsp3) is 0.476. The molecule has 0 saturated heterocycles. The number of nitrogens with two attached hydrogens (primary N) is 1. The van der Waals surface area contributed by atoms with Gasteiger partial charge in [-0.25, -0.2) is 4.98 Å². The third kappa shape index (κ3) is 3.09. The molecule has 4 saturated carbocycles. The standard InChI is InChI=1S/C21H25N5O2/c22-20(27)16-11-24-18(25-15-1-3-23-4-2-15)7-17(16)26-19-13-5-12-6-14(19)10-21(28,8-12)9-13/h1-4,7,11-14,19,28H,5-6,8-10H2,(H2,22,27)(H2,23,24,25,26)/t12?,13-,14+,19-,21-. The van der Waals surface area contributed by atoms with Gasteiger partial charge < -0.3 is 21.5 Å². The number of nitrogens with zero attached hydrogens (tertiary/aromatic N) is 2. The van der Waals surface area contributed by atoms with Crippen LogP contribution in [-0.2, 0) is 0 Å². The summed E-state index contributed by atoms with van der Waals surface area (Å²) in [4.78, 5) is 20.3. The van der Waals surface area contributed by atoms with Crippen LogP contribution in [0.1, 0.15) is 42.5 Å². The highest BCUT2D eigenvalue weighted by Crippen LogP contribution is 2.56. The van der Waals surface area contributed by atoms with Crippen LogP contribution in [-0.4, -0.2) is 32.6 Å². The van der Waals surface area contributed by atoms with Gasteiger partial charge in [0.25, 0.3) is 5.91 Å². The molecule has 4 fully saturated rings. The lowest BCUT2D eigenvalue weighted by Crippen LogP contribution is -2.59. The van der Waals surface area contributed by atoms with E-state index in [0.29, 0.717) is 34.8 Å². The van der Waals surface area contributed by atoms with Crippen molar-refractivity contribution in [2.75, 3.05) is 10.6 Å². The van der Waals surface area contributed by atoms with Crippen molar-refractivity contribution in [3.8, 4) is 0 Å². The van der Waals surface area contributed by atoms with Gasteiger partial charge in [-0.2, -0.15) is 0 Å². The van der Waals surface area contributed by atoms with Crippen molar-refractivity contribution in [2.45, 2.75) is 43.7 Å². The van der Waals surface area contributed by atoms with Gasteiger partial charge in [0.1, 0.15) is 5.82 Å². The van der Waals surface area contributed by atoms with Gasteiger partial charge in [-0.05, 0) is 62.0 Å². The van der Waals surface area contributed by atoms with Crippen LogP contribution in [0.25, 0.3) is 0 Å². The number of nitrogens with one attached hydrogen (secondary N) is 2. The number of hydrogen-bond donors (Lipinski definition) is 4. The Morgan fingerprint density at radius 2 is 1.89 bits per heavy atom. The summed E-state index contributed by atoms with van der Waals surface area (Å²) >= 11 is 0. The van der Waals surface area contributed by atoms with Crippen LogP contribution in [0.15, 0.2) is 36.8 Å². The minimum absolute atomic E-state index is 0.256. The van der Waals surface area contributed by atoms with Crippen LogP contribution >= 0.6 is 0 Å². The SMILES string of the molecule is NC(=O)c1cnc(Nc2ccncc2)cc1N[C@@H]1[C@@H]2CC3C[C@H]1C[C@@](O)(C3)C2. The lowest BCUT2D eigenvalue weighted by Gasteiger charge is -2.58. The van der Waals surface area contributed by atoms with Gasteiger partial charge in [0, 0.05) is 36.4 Å². The van der Waals surface area contributed by atoms with E-state index in [1.54, 1.807) is 12.4 Å². The summed E-state index contributed by atoms with van der Waals surface area (Å²) in [5, 5.41) is 17.7. The molecule has 2 aromatic rings. The fourth-order valence-corrected chi connectivity index (χ4v) is 5.82. The summed E-state index contributed by atoms with van der Waals surface area (Å²) in [6.45, 7) is 0. The topological polar surface area (TPSA) is 113 Å². The van der Waals surface area contributed by atoms with Gasteiger partial charge in [-0.1, -0.05) is 0 Å². The third-order valence-corrected chi connectivity index (χ3v) is 6.69. The normalized spacial score (nSPS) is 32.9. The van der Waals surface area contributed by atoms with Gasteiger partial charge in [0.15, 0.2) is 0 Å². The average Bonchev–Trinajstić information content (AvgIpc) is 2.64.